The average molecular weight is 289 g/mol. The van der Waals surface area contributed by atoms with E-state index in [2.05, 4.69) is 19.0 Å². The molecule has 0 N–H and O–H groups in total. The summed E-state index contributed by atoms with van der Waals surface area (Å²) < 4.78 is 54.6. The Morgan fingerprint density at radius 2 is 1.95 bits per heavy atom. The molecule has 0 radical (unpaired) electrons. The van der Waals surface area contributed by atoms with Gasteiger partial charge in [-0.1, -0.05) is 29.4 Å². The Hall–Kier alpha value is -2.03. The molecule has 0 aliphatic rings. The second kappa shape index (κ2) is 5.31. The predicted molar refractivity (Wildman–Crippen MR) is 59.0 cm³/mol. The monoisotopic (exact) mass is 289 g/mol. The molecule has 0 saturated heterocycles. The van der Waals surface area contributed by atoms with E-state index in [-0.39, 0.29) is 23.8 Å². The zero-order valence-corrected chi connectivity index (χ0v) is 10.0. The van der Waals surface area contributed by atoms with Gasteiger partial charge in [0.05, 0.1) is 6.54 Å². The summed E-state index contributed by atoms with van der Waals surface area (Å²) in [6.45, 7) is 0.231. The van der Waals surface area contributed by atoms with Gasteiger partial charge in [0.25, 0.3) is 0 Å². The Labute approximate surface area is 108 Å². The van der Waals surface area contributed by atoms with Gasteiger partial charge in [-0.25, -0.2) is 0 Å². The molecule has 2 rings (SSSR count). The van der Waals surface area contributed by atoms with Crippen LogP contribution < -0.4 is 0 Å². The number of hydrogen-bond acceptors (Lipinski definition) is 5. The second-order valence-electron chi connectivity index (χ2n) is 3.48. The number of nitrogens with zero attached hydrogens (tertiary/aromatic N) is 3. The first-order valence-corrected chi connectivity index (χ1v) is 5.66. The summed E-state index contributed by atoms with van der Waals surface area (Å²) in [5.41, 5.74) is 1.14. The third kappa shape index (κ3) is 3.25. The van der Waals surface area contributed by atoms with Gasteiger partial charge in [0, 0.05) is 5.56 Å². The molecule has 1 heterocycles. The molecule has 0 fully saturated rings. The van der Waals surface area contributed by atoms with Crippen LogP contribution in [0, 0.1) is 0 Å². The normalized spacial score (nSPS) is 11.3. The van der Waals surface area contributed by atoms with Gasteiger partial charge < -0.3 is 4.52 Å². The maximum atomic E-state index is 12.3. The molecule has 0 atom stereocenters. The smallest absolute Gasteiger partial charge is 0.329 e. The first kappa shape index (κ1) is 13.4. The van der Waals surface area contributed by atoms with Gasteiger partial charge >= 0.3 is 12.1 Å². The summed E-state index contributed by atoms with van der Waals surface area (Å²) in [7, 11) is 0. The van der Waals surface area contributed by atoms with Crippen LogP contribution in [-0.2, 0) is 24.2 Å². The van der Waals surface area contributed by atoms with E-state index < -0.39 is 12.1 Å². The standard InChI is InChI=1S/C10H6F3N3O2S/c11-10(12,13)9-15-8(16-18-9)7-3-1-6(2-4-7)5-14-19-17/h1-4H,5H2. The van der Waals surface area contributed by atoms with E-state index in [0.29, 0.717) is 5.56 Å². The molecule has 19 heavy (non-hydrogen) atoms. The van der Waals surface area contributed by atoms with E-state index in [4.69, 9.17) is 0 Å². The fourth-order valence-electron chi connectivity index (χ4n) is 1.32. The van der Waals surface area contributed by atoms with Crippen LogP contribution >= 0.6 is 0 Å². The average Bonchev–Trinajstić information content (AvgIpc) is 2.86. The van der Waals surface area contributed by atoms with Crippen molar-refractivity contribution in [2.45, 2.75) is 12.7 Å². The predicted octanol–water partition coefficient (Wildman–Crippen LogP) is 2.65. The minimum atomic E-state index is -4.66. The highest BCUT2D eigenvalue weighted by atomic mass is 32.1. The third-order valence-electron chi connectivity index (χ3n) is 2.18. The Morgan fingerprint density at radius 1 is 1.26 bits per heavy atom. The van der Waals surface area contributed by atoms with Crippen LogP contribution in [0.15, 0.2) is 33.2 Å². The minimum absolute atomic E-state index is 0.113. The van der Waals surface area contributed by atoms with Crippen LogP contribution in [0.4, 0.5) is 13.2 Å². The van der Waals surface area contributed by atoms with Crippen LogP contribution in [0.1, 0.15) is 11.5 Å². The molecule has 0 spiro atoms. The van der Waals surface area contributed by atoms with Crippen molar-refractivity contribution in [1.82, 2.24) is 10.1 Å². The number of halogens is 3. The summed E-state index contributed by atoms with van der Waals surface area (Å²) >= 11 is 0.113. The van der Waals surface area contributed by atoms with Gasteiger partial charge in [0.2, 0.25) is 5.82 Å². The van der Waals surface area contributed by atoms with Gasteiger partial charge in [0.1, 0.15) is 0 Å². The Bertz CT molecular complexity index is 618. The van der Waals surface area contributed by atoms with E-state index in [1.165, 1.54) is 12.1 Å². The topological polar surface area (TPSA) is 68.3 Å². The van der Waals surface area contributed by atoms with Gasteiger partial charge in [-0.15, -0.1) is 0 Å². The lowest BCUT2D eigenvalue weighted by atomic mass is 10.1. The summed E-state index contributed by atoms with van der Waals surface area (Å²) in [5.74, 6) is -1.53. The molecular formula is C10H6F3N3O2S. The number of alkyl halides is 3. The summed E-state index contributed by atoms with van der Waals surface area (Å²) in [6.07, 6.45) is -4.66. The number of benzene rings is 1. The highest BCUT2D eigenvalue weighted by Gasteiger charge is 2.38. The lowest BCUT2D eigenvalue weighted by Crippen LogP contribution is -2.04. The number of rotatable bonds is 3. The van der Waals surface area contributed by atoms with Crippen molar-refractivity contribution < 1.29 is 21.9 Å². The summed E-state index contributed by atoms with van der Waals surface area (Å²) in [6, 6.07) is 6.31. The van der Waals surface area contributed by atoms with Gasteiger partial charge in [0.15, 0.2) is 11.5 Å². The lowest BCUT2D eigenvalue weighted by Gasteiger charge is -1.97. The summed E-state index contributed by atoms with van der Waals surface area (Å²) in [5, 5.41) is 3.26. The maximum absolute atomic E-state index is 12.3. The fraction of sp³-hybridized carbons (Fsp3) is 0.200. The minimum Gasteiger partial charge on any atom is -0.329 e. The molecule has 0 bridgehead atoms. The molecular weight excluding hydrogens is 283 g/mol. The SMILES string of the molecule is O=S=NCc1ccc(-c2noc(C(F)(F)F)n2)cc1. The molecule has 100 valence electrons. The second-order valence-corrected chi connectivity index (χ2v) is 3.89. The Balaban J connectivity index is 2.22. The molecule has 9 heteroatoms. The zero-order chi connectivity index (χ0) is 13.9. The molecule has 5 nitrogen and oxygen atoms in total. The number of aromatic nitrogens is 2. The van der Waals surface area contributed by atoms with Gasteiger partial charge in [-0.2, -0.15) is 26.7 Å². The molecule has 0 unspecified atom stereocenters. The first-order chi connectivity index (χ1) is 9.00. The van der Waals surface area contributed by atoms with Crippen molar-refractivity contribution in [3.63, 3.8) is 0 Å². The highest BCUT2D eigenvalue weighted by Crippen LogP contribution is 2.29. The molecule has 0 amide bonds. The van der Waals surface area contributed by atoms with Crippen LogP contribution in [0.5, 0.6) is 0 Å². The Morgan fingerprint density at radius 3 is 2.47 bits per heavy atom. The van der Waals surface area contributed by atoms with Crippen molar-refractivity contribution in [2.24, 2.45) is 4.36 Å². The quantitative estimate of drug-likeness (QED) is 0.871. The highest BCUT2D eigenvalue weighted by molar-refractivity contribution is 7.54. The van der Waals surface area contributed by atoms with E-state index in [1.54, 1.807) is 12.1 Å². The van der Waals surface area contributed by atoms with Crippen LogP contribution in [0.25, 0.3) is 11.4 Å². The maximum Gasteiger partial charge on any atom is 0.471 e. The van der Waals surface area contributed by atoms with Crippen molar-refractivity contribution in [2.75, 3.05) is 0 Å². The van der Waals surface area contributed by atoms with E-state index in [9.17, 15) is 17.4 Å². The summed E-state index contributed by atoms with van der Waals surface area (Å²) in [4.78, 5) is 3.26. The molecule has 1 aromatic carbocycles. The van der Waals surface area contributed by atoms with Crippen molar-refractivity contribution in [1.29, 1.82) is 0 Å². The number of hydrogen-bond donors (Lipinski definition) is 0. The molecule has 0 saturated carbocycles. The van der Waals surface area contributed by atoms with Crippen molar-refractivity contribution in [3.8, 4) is 11.4 Å². The van der Waals surface area contributed by atoms with E-state index in [0.717, 1.165) is 5.56 Å². The van der Waals surface area contributed by atoms with E-state index in [1.807, 2.05) is 0 Å². The molecule has 1 aromatic heterocycles. The van der Waals surface area contributed by atoms with Crippen LogP contribution in [0.2, 0.25) is 0 Å². The molecule has 2 aromatic rings. The van der Waals surface area contributed by atoms with Gasteiger partial charge in [-0.3, -0.25) is 0 Å². The fourth-order valence-corrected chi connectivity index (χ4v) is 1.52. The van der Waals surface area contributed by atoms with Crippen molar-refractivity contribution >= 4 is 11.5 Å². The van der Waals surface area contributed by atoms with Crippen LogP contribution in [-0.4, -0.2) is 14.3 Å². The molecule has 0 aliphatic heterocycles. The van der Waals surface area contributed by atoms with Crippen molar-refractivity contribution in [3.05, 3.63) is 35.7 Å². The third-order valence-corrected chi connectivity index (χ3v) is 2.41. The van der Waals surface area contributed by atoms with Gasteiger partial charge in [-0.05, 0) is 5.56 Å². The van der Waals surface area contributed by atoms with E-state index >= 15 is 0 Å². The largest absolute Gasteiger partial charge is 0.471 e. The van der Waals surface area contributed by atoms with Crippen LogP contribution in [0.3, 0.4) is 0 Å². The molecule has 0 aliphatic carbocycles. The lowest BCUT2D eigenvalue weighted by molar-refractivity contribution is -0.159. The first-order valence-electron chi connectivity index (χ1n) is 4.96. The zero-order valence-electron chi connectivity index (χ0n) is 9.22. The Kier molecular flexibility index (Phi) is 3.74.